The van der Waals surface area contributed by atoms with E-state index in [4.69, 9.17) is 14.6 Å². The molecule has 1 rings (SSSR count). The Labute approximate surface area is 92.1 Å². The van der Waals surface area contributed by atoms with Crippen LogP contribution in [0.2, 0.25) is 0 Å². The van der Waals surface area contributed by atoms with Gasteiger partial charge in [-0.3, -0.25) is 0 Å². The van der Waals surface area contributed by atoms with Gasteiger partial charge in [0.25, 0.3) is 0 Å². The van der Waals surface area contributed by atoms with Gasteiger partial charge in [-0.1, -0.05) is 11.8 Å². The molecule has 0 bridgehead atoms. The summed E-state index contributed by atoms with van der Waals surface area (Å²) in [7, 11) is 2.97. The third-order valence-electron chi connectivity index (χ3n) is 1.47. The van der Waals surface area contributed by atoms with Crippen LogP contribution in [-0.4, -0.2) is 46.6 Å². The smallest absolute Gasteiger partial charge is 0.323 e. The largest absolute Gasteiger partial charge is 0.467 e. The van der Waals surface area contributed by atoms with Crippen molar-refractivity contribution >= 4 is 11.8 Å². The molecule has 0 aliphatic heterocycles. The first kappa shape index (κ1) is 12.0. The minimum absolute atomic E-state index is 0.159. The molecule has 0 saturated carbocycles. The Hall–Kier alpha value is -1.08. The Morgan fingerprint density at radius 3 is 2.20 bits per heavy atom. The van der Waals surface area contributed by atoms with Gasteiger partial charge in [-0.05, 0) is 6.42 Å². The van der Waals surface area contributed by atoms with Crippen molar-refractivity contribution in [1.29, 1.82) is 0 Å². The lowest BCUT2D eigenvalue weighted by Gasteiger charge is -2.03. The van der Waals surface area contributed by atoms with Crippen molar-refractivity contribution in [3.8, 4) is 12.0 Å². The maximum Gasteiger partial charge on any atom is 0.323 e. The summed E-state index contributed by atoms with van der Waals surface area (Å²) >= 11 is 1.42. The van der Waals surface area contributed by atoms with Gasteiger partial charge >= 0.3 is 12.0 Å². The number of methoxy groups -OCH3 is 2. The Morgan fingerprint density at radius 2 is 1.73 bits per heavy atom. The van der Waals surface area contributed by atoms with Crippen LogP contribution in [0.3, 0.4) is 0 Å². The average molecular weight is 231 g/mol. The highest BCUT2D eigenvalue weighted by atomic mass is 32.2. The molecule has 0 saturated heterocycles. The van der Waals surface area contributed by atoms with Crippen molar-refractivity contribution in [2.75, 3.05) is 26.6 Å². The third kappa shape index (κ3) is 3.88. The lowest BCUT2D eigenvalue weighted by Crippen LogP contribution is -2.00. The fourth-order valence-electron chi connectivity index (χ4n) is 0.796. The summed E-state index contributed by atoms with van der Waals surface area (Å²) in [5.41, 5.74) is 0. The van der Waals surface area contributed by atoms with E-state index in [0.29, 0.717) is 11.6 Å². The van der Waals surface area contributed by atoms with Gasteiger partial charge < -0.3 is 14.6 Å². The molecule has 0 amide bonds. The second-order valence-electron chi connectivity index (χ2n) is 2.52. The number of rotatable bonds is 6. The SMILES string of the molecule is COc1nc(OC)nc(SCCCO)n1. The van der Waals surface area contributed by atoms with E-state index in [1.807, 2.05) is 0 Å². The molecule has 1 N–H and O–H groups in total. The van der Waals surface area contributed by atoms with Crippen molar-refractivity contribution in [3.05, 3.63) is 0 Å². The summed E-state index contributed by atoms with van der Waals surface area (Å²) in [6.07, 6.45) is 0.695. The van der Waals surface area contributed by atoms with Gasteiger partial charge in [0.05, 0.1) is 14.2 Å². The number of hydrogen-bond donors (Lipinski definition) is 1. The number of ether oxygens (including phenoxy) is 2. The van der Waals surface area contributed by atoms with Crippen LogP contribution in [0.25, 0.3) is 0 Å². The van der Waals surface area contributed by atoms with Gasteiger partial charge in [0.2, 0.25) is 0 Å². The lowest BCUT2D eigenvalue weighted by atomic mass is 10.5. The summed E-state index contributed by atoms with van der Waals surface area (Å²) in [6, 6.07) is 0.460. The Bertz CT molecular complexity index is 289. The maximum atomic E-state index is 8.63. The first-order chi connectivity index (χ1) is 7.30. The van der Waals surface area contributed by atoms with Crippen LogP contribution >= 0.6 is 11.8 Å². The third-order valence-corrected chi connectivity index (χ3v) is 2.41. The number of hydrogen-bond acceptors (Lipinski definition) is 7. The van der Waals surface area contributed by atoms with Crippen molar-refractivity contribution in [3.63, 3.8) is 0 Å². The van der Waals surface area contributed by atoms with Crippen molar-refractivity contribution in [2.45, 2.75) is 11.6 Å². The van der Waals surface area contributed by atoms with E-state index in [9.17, 15) is 0 Å². The van der Waals surface area contributed by atoms with Crippen LogP contribution in [0.15, 0.2) is 5.16 Å². The van der Waals surface area contributed by atoms with E-state index in [1.165, 1.54) is 26.0 Å². The molecule has 0 atom stereocenters. The molecule has 0 aliphatic carbocycles. The molecule has 0 radical (unpaired) electrons. The van der Waals surface area contributed by atoms with E-state index >= 15 is 0 Å². The quantitative estimate of drug-likeness (QED) is 0.559. The fraction of sp³-hybridized carbons (Fsp3) is 0.625. The van der Waals surface area contributed by atoms with Crippen molar-refractivity contribution < 1.29 is 14.6 Å². The first-order valence-corrected chi connectivity index (χ1v) is 5.36. The predicted molar refractivity (Wildman–Crippen MR) is 55.4 cm³/mol. The summed E-state index contributed by atoms with van der Waals surface area (Å²) < 4.78 is 9.80. The zero-order valence-electron chi connectivity index (χ0n) is 8.63. The molecule has 0 aromatic carbocycles. The molecule has 0 aliphatic rings. The molecule has 0 unspecified atom stereocenters. The number of nitrogens with zero attached hydrogens (tertiary/aromatic N) is 3. The highest BCUT2D eigenvalue weighted by molar-refractivity contribution is 7.99. The van der Waals surface area contributed by atoms with Gasteiger partial charge in [0.15, 0.2) is 5.16 Å². The van der Waals surface area contributed by atoms with Crippen LogP contribution < -0.4 is 9.47 Å². The van der Waals surface area contributed by atoms with Crippen LogP contribution in [0.4, 0.5) is 0 Å². The topological polar surface area (TPSA) is 77.4 Å². The Kier molecular flexibility index (Phi) is 5.13. The summed E-state index contributed by atoms with van der Waals surface area (Å²) in [5.74, 6) is 0.743. The molecule has 7 heteroatoms. The van der Waals surface area contributed by atoms with Crippen LogP contribution in [0, 0.1) is 0 Å². The minimum atomic E-state index is 0.159. The van der Waals surface area contributed by atoms with Crippen LogP contribution in [0.1, 0.15) is 6.42 Å². The van der Waals surface area contributed by atoms with E-state index in [1.54, 1.807) is 0 Å². The summed E-state index contributed by atoms with van der Waals surface area (Å²) in [6.45, 7) is 0.159. The molecule has 6 nitrogen and oxygen atoms in total. The van der Waals surface area contributed by atoms with Crippen molar-refractivity contribution in [1.82, 2.24) is 15.0 Å². The van der Waals surface area contributed by atoms with Crippen LogP contribution in [-0.2, 0) is 0 Å². The molecule has 1 heterocycles. The molecule has 1 aromatic rings. The van der Waals surface area contributed by atoms with Gasteiger partial charge in [-0.15, -0.1) is 4.98 Å². The zero-order valence-corrected chi connectivity index (χ0v) is 9.45. The van der Waals surface area contributed by atoms with Gasteiger partial charge in [0.1, 0.15) is 0 Å². The highest BCUT2D eigenvalue weighted by Crippen LogP contribution is 2.18. The number of aliphatic hydroxyl groups is 1. The van der Waals surface area contributed by atoms with Gasteiger partial charge in [0, 0.05) is 12.4 Å². The normalized spacial score (nSPS) is 10.1. The molecule has 0 spiro atoms. The van der Waals surface area contributed by atoms with Crippen molar-refractivity contribution in [2.24, 2.45) is 0 Å². The Morgan fingerprint density at radius 1 is 1.13 bits per heavy atom. The standard InChI is InChI=1S/C8H13N3O3S/c1-13-6-9-7(14-2)11-8(10-6)15-5-3-4-12/h12H,3-5H2,1-2H3. The second-order valence-corrected chi connectivity index (χ2v) is 3.58. The molecule has 0 fully saturated rings. The molecular formula is C8H13N3O3S. The maximum absolute atomic E-state index is 8.63. The summed E-state index contributed by atoms with van der Waals surface area (Å²) in [4.78, 5) is 11.9. The number of aromatic nitrogens is 3. The van der Waals surface area contributed by atoms with E-state index in [0.717, 1.165) is 5.75 Å². The average Bonchev–Trinajstić information content (AvgIpc) is 2.29. The number of thioether (sulfide) groups is 1. The molecular weight excluding hydrogens is 218 g/mol. The Balaban J connectivity index is 2.68. The van der Waals surface area contributed by atoms with Crippen LogP contribution in [0.5, 0.6) is 12.0 Å². The van der Waals surface area contributed by atoms with Gasteiger partial charge in [-0.25, -0.2) is 0 Å². The predicted octanol–water partition coefficient (Wildman–Crippen LogP) is 0.363. The first-order valence-electron chi connectivity index (χ1n) is 4.38. The minimum Gasteiger partial charge on any atom is -0.467 e. The number of aliphatic hydroxyl groups excluding tert-OH is 1. The fourth-order valence-corrected chi connectivity index (χ4v) is 1.54. The van der Waals surface area contributed by atoms with E-state index in [-0.39, 0.29) is 18.6 Å². The monoisotopic (exact) mass is 231 g/mol. The van der Waals surface area contributed by atoms with E-state index < -0.39 is 0 Å². The second kappa shape index (κ2) is 6.41. The lowest BCUT2D eigenvalue weighted by molar-refractivity contribution is 0.296. The molecule has 15 heavy (non-hydrogen) atoms. The highest BCUT2D eigenvalue weighted by Gasteiger charge is 2.06. The summed E-state index contributed by atoms with van der Waals surface area (Å²) in [5, 5.41) is 9.16. The van der Waals surface area contributed by atoms with Gasteiger partial charge in [-0.2, -0.15) is 9.97 Å². The zero-order chi connectivity index (χ0) is 11.1. The van der Waals surface area contributed by atoms with E-state index in [2.05, 4.69) is 15.0 Å². The molecule has 84 valence electrons. The molecule has 1 aromatic heterocycles.